The number of hydrogen-bond donors (Lipinski definition) is 3. The Labute approximate surface area is 215 Å². The topological polar surface area (TPSA) is 116 Å². The van der Waals surface area contributed by atoms with Gasteiger partial charge in [-0.05, 0) is 61.3 Å². The molecule has 1 aliphatic rings. The first-order valence-electron chi connectivity index (χ1n) is 11.4. The highest BCUT2D eigenvalue weighted by molar-refractivity contribution is 6.42. The van der Waals surface area contributed by atoms with Crippen molar-refractivity contribution >= 4 is 46.7 Å². The molecule has 2 aromatic carbocycles. The quantitative estimate of drug-likeness (QED) is 0.440. The number of nitrogens with zero attached hydrogens (tertiary/aromatic N) is 2. The molecule has 1 aliphatic heterocycles. The second-order valence-corrected chi connectivity index (χ2v) is 9.59. The molecule has 2 aromatic rings. The molecular formula is C25H30Cl2N4O4. The van der Waals surface area contributed by atoms with Crippen LogP contribution in [0.1, 0.15) is 36.4 Å². The van der Waals surface area contributed by atoms with Crippen LogP contribution in [0.4, 0.5) is 5.69 Å². The second-order valence-electron chi connectivity index (χ2n) is 8.77. The maximum atomic E-state index is 13.2. The summed E-state index contributed by atoms with van der Waals surface area (Å²) < 4.78 is 0. The smallest absolute Gasteiger partial charge is 0.305 e. The van der Waals surface area contributed by atoms with Crippen LogP contribution in [0.3, 0.4) is 0 Å². The number of halogens is 2. The molecule has 3 rings (SSSR count). The number of carbonyl (C=O) groups is 3. The summed E-state index contributed by atoms with van der Waals surface area (Å²) in [6.07, 6.45) is 1.94. The number of anilines is 1. The summed E-state index contributed by atoms with van der Waals surface area (Å²) >= 11 is 12.1. The number of nitrogens with two attached hydrogens (primary N) is 1. The van der Waals surface area contributed by atoms with Crippen LogP contribution in [0.2, 0.25) is 10.0 Å². The number of nitrogens with one attached hydrogen (secondary N) is 1. The summed E-state index contributed by atoms with van der Waals surface area (Å²) in [5.74, 6) is -1.80. The molecule has 1 saturated heterocycles. The lowest BCUT2D eigenvalue weighted by atomic mass is 10.0. The van der Waals surface area contributed by atoms with E-state index in [1.54, 1.807) is 48.3 Å². The number of amides is 2. The first-order valence-corrected chi connectivity index (χ1v) is 12.2. The molecule has 0 bridgehead atoms. The van der Waals surface area contributed by atoms with Crippen molar-refractivity contribution in [2.75, 3.05) is 32.0 Å². The summed E-state index contributed by atoms with van der Waals surface area (Å²) in [7, 11) is 1.77. The summed E-state index contributed by atoms with van der Waals surface area (Å²) in [6, 6.07) is 11.0. The van der Waals surface area contributed by atoms with Crippen molar-refractivity contribution in [3.63, 3.8) is 0 Å². The monoisotopic (exact) mass is 520 g/mol. The van der Waals surface area contributed by atoms with Gasteiger partial charge in [0.05, 0.1) is 35.0 Å². The molecule has 4 N–H and O–H groups in total. The molecule has 0 saturated carbocycles. The van der Waals surface area contributed by atoms with Gasteiger partial charge in [0.25, 0.3) is 0 Å². The fraction of sp³-hybridized carbons (Fsp3) is 0.400. The number of likely N-dealkylation sites (tertiary alicyclic amines) is 1. The minimum atomic E-state index is -1.16. The molecule has 188 valence electrons. The molecular weight excluding hydrogens is 491 g/mol. The van der Waals surface area contributed by atoms with Crippen LogP contribution >= 0.6 is 23.2 Å². The standard InChI is InChI=1S/C25H30Cl2N4O4/c1-30(23(32)12-16-7-8-19(26)20(27)11-16)22(15-31-9-2-3-10-31)17-5-4-6-18(13-17)29-25(35)21(28)14-24(33)34/h4-8,11,13,21-22H,2-3,9-10,12,14-15,28H2,1H3,(H,29,35)(H,33,34)/t21-,22+/m0/s1. The van der Waals surface area contributed by atoms with Gasteiger partial charge in [-0.15, -0.1) is 0 Å². The van der Waals surface area contributed by atoms with Gasteiger partial charge in [-0.2, -0.15) is 0 Å². The van der Waals surface area contributed by atoms with Crippen molar-refractivity contribution < 1.29 is 19.5 Å². The highest BCUT2D eigenvalue weighted by Crippen LogP contribution is 2.27. The van der Waals surface area contributed by atoms with Crippen molar-refractivity contribution in [2.45, 2.75) is 37.8 Å². The minimum Gasteiger partial charge on any atom is -0.481 e. The zero-order valence-electron chi connectivity index (χ0n) is 19.5. The molecule has 1 fully saturated rings. The lowest BCUT2D eigenvalue weighted by molar-refractivity contribution is -0.138. The lowest BCUT2D eigenvalue weighted by Gasteiger charge is -2.32. The van der Waals surface area contributed by atoms with Crippen molar-refractivity contribution in [3.8, 4) is 0 Å². The van der Waals surface area contributed by atoms with E-state index in [1.165, 1.54) is 0 Å². The van der Waals surface area contributed by atoms with Gasteiger partial charge in [-0.3, -0.25) is 14.4 Å². The second kappa shape index (κ2) is 12.4. The number of carbonyl (C=O) groups excluding carboxylic acids is 2. The minimum absolute atomic E-state index is 0.0782. The number of rotatable bonds is 10. The van der Waals surface area contributed by atoms with E-state index in [-0.39, 0.29) is 18.4 Å². The zero-order valence-corrected chi connectivity index (χ0v) is 21.1. The van der Waals surface area contributed by atoms with Gasteiger partial charge in [-0.1, -0.05) is 41.4 Å². The molecule has 2 atom stereocenters. The zero-order chi connectivity index (χ0) is 25.5. The van der Waals surface area contributed by atoms with Crippen LogP contribution < -0.4 is 11.1 Å². The van der Waals surface area contributed by atoms with E-state index < -0.39 is 24.3 Å². The molecule has 0 aliphatic carbocycles. The average Bonchev–Trinajstić information content (AvgIpc) is 3.32. The molecule has 35 heavy (non-hydrogen) atoms. The van der Waals surface area contributed by atoms with Crippen molar-refractivity contribution in [1.82, 2.24) is 9.80 Å². The third-order valence-corrected chi connectivity index (χ3v) is 6.84. The Hall–Kier alpha value is -2.65. The molecule has 8 nitrogen and oxygen atoms in total. The summed E-state index contributed by atoms with van der Waals surface area (Å²) in [6.45, 7) is 2.58. The third kappa shape index (κ3) is 7.67. The van der Waals surface area contributed by atoms with Crippen LogP contribution in [-0.2, 0) is 20.8 Å². The van der Waals surface area contributed by atoms with Gasteiger partial charge in [0, 0.05) is 19.3 Å². The molecule has 0 spiro atoms. The number of carboxylic acid groups (broad SMARTS) is 1. The molecule has 0 unspecified atom stereocenters. The number of likely N-dealkylation sites (N-methyl/N-ethyl adjacent to an activating group) is 1. The van der Waals surface area contributed by atoms with Crippen LogP contribution in [-0.4, -0.2) is 65.4 Å². The fourth-order valence-electron chi connectivity index (χ4n) is 4.12. The number of carboxylic acids is 1. The van der Waals surface area contributed by atoms with E-state index in [0.717, 1.165) is 37.1 Å². The molecule has 2 amide bonds. The summed E-state index contributed by atoms with van der Waals surface area (Å²) in [4.78, 5) is 40.5. The SMILES string of the molecule is CN(C(=O)Cc1ccc(Cl)c(Cl)c1)[C@H](CN1CCCC1)c1cccc(NC(=O)[C@@H](N)CC(=O)O)c1. The molecule has 0 radical (unpaired) electrons. The molecule has 1 heterocycles. The number of benzene rings is 2. The first kappa shape index (κ1) is 26.9. The van der Waals surface area contributed by atoms with E-state index in [9.17, 15) is 14.4 Å². The Kier molecular flexibility index (Phi) is 9.51. The predicted molar refractivity (Wildman–Crippen MR) is 137 cm³/mol. The van der Waals surface area contributed by atoms with Gasteiger partial charge in [0.1, 0.15) is 0 Å². The maximum absolute atomic E-state index is 13.2. The Morgan fingerprint density at radius 1 is 1.11 bits per heavy atom. The predicted octanol–water partition coefficient (Wildman–Crippen LogP) is 3.57. The van der Waals surface area contributed by atoms with Gasteiger partial charge in [0.2, 0.25) is 11.8 Å². The van der Waals surface area contributed by atoms with Crippen LogP contribution in [0.5, 0.6) is 0 Å². The third-order valence-electron chi connectivity index (χ3n) is 6.10. The molecule has 0 aromatic heterocycles. The Morgan fingerprint density at radius 3 is 2.49 bits per heavy atom. The van der Waals surface area contributed by atoms with E-state index in [2.05, 4.69) is 10.2 Å². The van der Waals surface area contributed by atoms with E-state index in [0.29, 0.717) is 22.3 Å². The van der Waals surface area contributed by atoms with Gasteiger partial charge >= 0.3 is 5.97 Å². The largest absolute Gasteiger partial charge is 0.481 e. The Bertz CT molecular complexity index is 1080. The van der Waals surface area contributed by atoms with E-state index in [1.807, 2.05) is 6.07 Å². The lowest BCUT2D eigenvalue weighted by Crippen LogP contribution is -2.39. The van der Waals surface area contributed by atoms with Crippen LogP contribution in [0.15, 0.2) is 42.5 Å². The normalized spacial score (nSPS) is 15.4. The molecule has 10 heteroatoms. The summed E-state index contributed by atoms with van der Waals surface area (Å²) in [5, 5.41) is 12.4. The Morgan fingerprint density at radius 2 is 1.83 bits per heavy atom. The first-order chi connectivity index (χ1) is 16.6. The van der Waals surface area contributed by atoms with Gasteiger partial charge < -0.3 is 26.0 Å². The van der Waals surface area contributed by atoms with Crippen LogP contribution in [0.25, 0.3) is 0 Å². The van der Waals surface area contributed by atoms with Gasteiger partial charge in [0.15, 0.2) is 0 Å². The van der Waals surface area contributed by atoms with Gasteiger partial charge in [-0.25, -0.2) is 0 Å². The maximum Gasteiger partial charge on any atom is 0.305 e. The highest BCUT2D eigenvalue weighted by Gasteiger charge is 2.26. The van der Waals surface area contributed by atoms with E-state index in [4.69, 9.17) is 34.0 Å². The van der Waals surface area contributed by atoms with Crippen molar-refractivity contribution in [3.05, 3.63) is 63.6 Å². The van der Waals surface area contributed by atoms with Crippen molar-refractivity contribution in [1.29, 1.82) is 0 Å². The summed E-state index contributed by atoms with van der Waals surface area (Å²) in [5.41, 5.74) is 7.80. The van der Waals surface area contributed by atoms with Crippen molar-refractivity contribution in [2.24, 2.45) is 5.73 Å². The number of hydrogen-bond acceptors (Lipinski definition) is 5. The van der Waals surface area contributed by atoms with Crippen LogP contribution in [0, 0.1) is 0 Å². The van der Waals surface area contributed by atoms with E-state index >= 15 is 0 Å². The average molecular weight is 521 g/mol. The fourth-order valence-corrected chi connectivity index (χ4v) is 4.44. The highest BCUT2D eigenvalue weighted by atomic mass is 35.5. The Balaban J connectivity index is 1.80. The number of aliphatic carboxylic acids is 1.